The molecular weight excluding hydrogens is 262 g/mol. The van der Waals surface area contributed by atoms with Crippen LogP contribution in [0.3, 0.4) is 0 Å². The van der Waals surface area contributed by atoms with Gasteiger partial charge in [0.2, 0.25) is 0 Å². The van der Waals surface area contributed by atoms with Gasteiger partial charge in [0.25, 0.3) is 0 Å². The van der Waals surface area contributed by atoms with Crippen molar-refractivity contribution in [2.24, 2.45) is 5.92 Å². The summed E-state index contributed by atoms with van der Waals surface area (Å²) in [5.74, 6) is 1.66. The van der Waals surface area contributed by atoms with Gasteiger partial charge in [0, 0.05) is 19.2 Å². The quantitative estimate of drug-likeness (QED) is 0.621. The summed E-state index contributed by atoms with van der Waals surface area (Å²) in [6, 6.07) is 8.67. The Labute approximate surface area is 130 Å². The van der Waals surface area contributed by atoms with Crippen LogP contribution in [0.1, 0.15) is 52.1 Å². The summed E-state index contributed by atoms with van der Waals surface area (Å²) in [5.41, 5.74) is 1.28. The zero-order chi connectivity index (χ0) is 15.5. The summed E-state index contributed by atoms with van der Waals surface area (Å²) in [5, 5.41) is 3.48. The first-order valence-corrected chi connectivity index (χ1v) is 8.17. The van der Waals surface area contributed by atoms with Crippen LogP contribution < -0.4 is 10.1 Å². The van der Waals surface area contributed by atoms with E-state index < -0.39 is 0 Å². The Balaban J connectivity index is 2.20. The third-order valence-corrected chi connectivity index (χ3v) is 3.39. The Hall–Kier alpha value is -1.06. The topological polar surface area (TPSA) is 30.5 Å². The Morgan fingerprint density at radius 1 is 1.00 bits per heavy atom. The normalized spacial score (nSPS) is 12.6. The van der Waals surface area contributed by atoms with Crippen LogP contribution in [0.2, 0.25) is 0 Å². The molecular formula is C18H31NO2. The molecule has 1 unspecified atom stereocenters. The predicted octanol–water partition coefficient (Wildman–Crippen LogP) is 4.19. The smallest absolute Gasteiger partial charge is 0.119 e. The summed E-state index contributed by atoms with van der Waals surface area (Å²) in [6.45, 7) is 12.0. The summed E-state index contributed by atoms with van der Waals surface area (Å²) >= 11 is 0. The number of rotatable bonds is 11. The van der Waals surface area contributed by atoms with Crippen LogP contribution in [-0.4, -0.2) is 26.4 Å². The molecule has 0 saturated carbocycles. The molecule has 1 aromatic carbocycles. The molecule has 0 aliphatic rings. The van der Waals surface area contributed by atoms with Gasteiger partial charge in [0.1, 0.15) is 5.75 Å². The van der Waals surface area contributed by atoms with Gasteiger partial charge in [-0.25, -0.2) is 0 Å². The van der Waals surface area contributed by atoms with Crippen molar-refractivity contribution in [1.29, 1.82) is 0 Å². The molecule has 3 heteroatoms. The molecule has 21 heavy (non-hydrogen) atoms. The number of ether oxygens (including phenoxy) is 2. The van der Waals surface area contributed by atoms with Gasteiger partial charge in [-0.3, -0.25) is 0 Å². The third-order valence-electron chi connectivity index (χ3n) is 3.39. The van der Waals surface area contributed by atoms with Gasteiger partial charge in [0.05, 0.1) is 13.2 Å². The molecule has 1 N–H and O–H groups in total. The van der Waals surface area contributed by atoms with Gasteiger partial charge in [-0.15, -0.1) is 0 Å². The fourth-order valence-electron chi connectivity index (χ4n) is 1.96. The molecule has 0 spiro atoms. The van der Waals surface area contributed by atoms with Crippen molar-refractivity contribution in [2.75, 3.05) is 26.4 Å². The predicted molar refractivity (Wildman–Crippen MR) is 88.9 cm³/mol. The van der Waals surface area contributed by atoms with Crippen molar-refractivity contribution in [3.63, 3.8) is 0 Å². The van der Waals surface area contributed by atoms with Crippen LogP contribution in [0.25, 0.3) is 0 Å². The maximum atomic E-state index is 5.61. The van der Waals surface area contributed by atoms with Gasteiger partial charge in [-0.05, 0) is 43.4 Å². The number of hydrogen-bond donors (Lipinski definition) is 1. The Kier molecular flexibility index (Phi) is 9.11. The standard InChI is InChI=1S/C18H31NO2/c1-5-12-21-18-8-6-17(7-9-18)16(4)19-11-14-20-13-10-15(2)3/h6-9,15-16,19H,5,10-14H2,1-4H3. The fourth-order valence-corrected chi connectivity index (χ4v) is 1.96. The molecule has 0 aliphatic heterocycles. The van der Waals surface area contributed by atoms with E-state index in [0.717, 1.165) is 45.0 Å². The molecule has 3 nitrogen and oxygen atoms in total. The van der Waals surface area contributed by atoms with Crippen LogP contribution >= 0.6 is 0 Å². The first kappa shape index (κ1) is 18.0. The highest BCUT2D eigenvalue weighted by Gasteiger charge is 2.04. The van der Waals surface area contributed by atoms with E-state index in [2.05, 4.69) is 45.1 Å². The van der Waals surface area contributed by atoms with Crippen molar-refractivity contribution in [2.45, 2.75) is 46.6 Å². The first-order valence-electron chi connectivity index (χ1n) is 8.17. The summed E-state index contributed by atoms with van der Waals surface area (Å²) in [6.07, 6.45) is 2.17. The summed E-state index contributed by atoms with van der Waals surface area (Å²) in [4.78, 5) is 0. The first-order chi connectivity index (χ1) is 10.1. The van der Waals surface area contributed by atoms with Crippen molar-refractivity contribution < 1.29 is 9.47 Å². The van der Waals surface area contributed by atoms with Crippen LogP contribution in [0.5, 0.6) is 5.75 Å². The third kappa shape index (κ3) is 8.08. The minimum absolute atomic E-state index is 0.332. The number of nitrogens with one attached hydrogen (secondary N) is 1. The van der Waals surface area contributed by atoms with Gasteiger partial charge in [0.15, 0.2) is 0 Å². The monoisotopic (exact) mass is 293 g/mol. The molecule has 1 aromatic rings. The van der Waals surface area contributed by atoms with E-state index in [1.807, 2.05) is 12.1 Å². The van der Waals surface area contributed by atoms with E-state index >= 15 is 0 Å². The Morgan fingerprint density at radius 2 is 1.71 bits per heavy atom. The molecule has 0 amide bonds. The average molecular weight is 293 g/mol. The van der Waals surface area contributed by atoms with Crippen LogP contribution in [0.4, 0.5) is 0 Å². The maximum Gasteiger partial charge on any atom is 0.119 e. The summed E-state index contributed by atoms with van der Waals surface area (Å²) in [7, 11) is 0. The van der Waals surface area contributed by atoms with E-state index in [9.17, 15) is 0 Å². The minimum Gasteiger partial charge on any atom is -0.494 e. The zero-order valence-corrected chi connectivity index (χ0v) is 14.0. The second-order valence-corrected chi connectivity index (χ2v) is 5.89. The van der Waals surface area contributed by atoms with Crippen molar-refractivity contribution >= 4 is 0 Å². The molecule has 1 rings (SSSR count). The Bertz CT molecular complexity index is 362. The highest BCUT2D eigenvalue weighted by Crippen LogP contribution is 2.17. The van der Waals surface area contributed by atoms with E-state index in [1.165, 1.54) is 5.56 Å². The van der Waals surface area contributed by atoms with Crippen molar-refractivity contribution in [1.82, 2.24) is 5.32 Å². The highest BCUT2D eigenvalue weighted by molar-refractivity contribution is 5.28. The molecule has 0 aliphatic carbocycles. The van der Waals surface area contributed by atoms with Gasteiger partial charge in [-0.2, -0.15) is 0 Å². The van der Waals surface area contributed by atoms with E-state index in [-0.39, 0.29) is 0 Å². The van der Waals surface area contributed by atoms with Crippen molar-refractivity contribution in [3.05, 3.63) is 29.8 Å². The second kappa shape index (κ2) is 10.6. The zero-order valence-electron chi connectivity index (χ0n) is 14.0. The van der Waals surface area contributed by atoms with Gasteiger partial charge >= 0.3 is 0 Å². The van der Waals surface area contributed by atoms with E-state index in [1.54, 1.807) is 0 Å². The van der Waals surface area contributed by atoms with Crippen LogP contribution in [0, 0.1) is 5.92 Å². The molecule has 0 heterocycles. The number of benzene rings is 1. The lowest BCUT2D eigenvalue weighted by Crippen LogP contribution is -2.23. The van der Waals surface area contributed by atoms with Crippen molar-refractivity contribution in [3.8, 4) is 5.75 Å². The SMILES string of the molecule is CCCOc1ccc(C(C)NCCOCCC(C)C)cc1. The molecule has 120 valence electrons. The lowest BCUT2D eigenvalue weighted by Gasteiger charge is -2.15. The molecule has 0 radical (unpaired) electrons. The maximum absolute atomic E-state index is 5.61. The van der Waals surface area contributed by atoms with Crippen LogP contribution in [-0.2, 0) is 4.74 Å². The molecule has 0 fully saturated rings. The molecule has 1 atom stereocenters. The highest BCUT2D eigenvalue weighted by atomic mass is 16.5. The van der Waals surface area contributed by atoms with Gasteiger partial charge in [-0.1, -0.05) is 32.9 Å². The second-order valence-electron chi connectivity index (χ2n) is 5.89. The molecule has 0 saturated heterocycles. The van der Waals surface area contributed by atoms with E-state index in [0.29, 0.717) is 12.0 Å². The van der Waals surface area contributed by atoms with Crippen LogP contribution in [0.15, 0.2) is 24.3 Å². The largest absolute Gasteiger partial charge is 0.494 e. The Morgan fingerprint density at radius 3 is 2.33 bits per heavy atom. The molecule has 0 aromatic heterocycles. The number of hydrogen-bond acceptors (Lipinski definition) is 3. The average Bonchev–Trinajstić information content (AvgIpc) is 2.48. The van der Waals surface area contributed by atoms with Gasteiger partial charge < -0.3 is 14.8 Å². The lowest BCUT2D eigenvalue weighted by atomic mass is 10.1. The summed E-state index contributed by atoms with van der Waals surface area (Å²) < 4.78 is 11.2. The fraction of sp³-hybridized carbons (Fsp3) is 0.667. The lowest BCUT2D eigenvalue weighted by molar-refractivity contribution is 0.123. The minimum atomic E-state index is 0.332. The molecule has 0 bridgehead atoms. The van der Waals surface area contributed by atoms with E-state index in [4.69, 9.17) is 9.47 Å².